The molecule has 0 unspecified atom stereocenters. The molecule has 3 nitrogen and oxygen atoms in total. The molecule has 0 bridgehead atoms. The van der Waals surface area contributed by atoms with Gasteiger partial charge in [-0.3, -0.25) is 0 Å². The SMILES string of the molecule is CC(C)(C)c1cccc(N2c3cc(C(C)(C)C)ccc3B3c4sc5c(c4N(c4ccc6c(c4)C(C)(C)CCC6(C)C)c4cc(N(c6ccccc6)c6ccc([Si](C)(C)C)cc6)cc2c43)C(C)(C)CCC5(C)C)c1. The molecule has 1 aromatic heterocycles. The molecule has 0 fully saturated rings. The summed E-state index contributed by atoms with van der Waals surface area (Å²) in [5.41, 5.74) is 21.3. The van der Waals surface area contributed by atoms with Crippen molar-refractivity contribution in [2.75, 3.05) is 14.7 Å². The molecule has 7 aromatic rings. The second-order valence-corrected chi connectivity index (χ2v) is 34.2. The van der Waals surface area contributed by atoms with Gasteiger partial charge in [0.25, 0.3) is 6.71 Å². The molecule has 3 heterocycles. The van der Waals surface area contributed by atoms with E-state index in [2.05, 4.69) is 270 Å². The van der Waals surface area contributed by atoms with Crippen molar-refractivity contribution in [1.29, 1.82) is 0 Å². The summed E-state index contributed by atoms with van der Waals surface area (Å²) in [5, 5.41) is 1.47. The number of fused-ring (bicyclic) bond motifs is 7. The van der Waals surface area contributed by atoms with E-state index in [0.717, 1.165) is 17.8 Å². The van der Waals surface area contributed by atoms with Crippen LogP contribution in [-0.2, 0) is 32.5 Å². The van der Waals surface area contributed by atoms with Gasteiger partial charge in [-0.15, -0.1) is 0 Å². The van der Waals surface area contributed by atoms with E-state index in [1.54, 1.807) is 10.4 Å². The summed E-state index contributed by atoms with van der Waals surface area (Å²) in [6.45, 7) is 41.5. The van der Waals surface area contributed by atoms with Gasteiger partial charge in [-0.05, 0) is 164 Å². The molecule has 73 heavy (non-hydrogen) atoms. The van der Waals surface area contributed by atoms with Crippen LogP contribution in [0.3, 0.4) is 0 Å². The molecule has 376 valence electrons. The number of nitrogens with zero attached hydrogens (tertiary/aromatic N) is 3. The Labute approximate surface area is 445 Å². The van der Waals surface area contributed by atoms with E-state index >= 15 is 0 Å². The first-order chi connectivity index (χ1) is 34.1. The molecule has 0 saturated carbocycles. The molecule has 0 radical (unpaired) electrons. The van der Waals surface area contributed by atoms with Crippen molar-refractivity contribution in [3.8, 4) is 0 Å². The second-order valence-electron chi connectivity index (χ2n) is 28.1. The van der Waals surface area contributed by atoms with E-state index in [4.69, 9.17) is 0 Å². The van der Waals surface area contributed by atoms with Gasteiger partial charge in [-0.1, -0.05) is 182 Å². The van der Waals surface area contributed by atoms with Gasteiger partial charge in [0.2, 0.25) is 0 Å². The molecule has 2 aliphatic carbocycles. The van der Waals surface area contributed by atoms with Crippen LogP contribution in [0.2, 0.25) is 19.6 Å². The summed E-state index contributed by atoms with van der Waals surface area (Å²) in [6.07, 6.45) is 4.68. The molecule has 2 aliphatic heterocycles. The smallest absolute Gasteiger partial charge is 0.264 e. The van der Waals surface area contributed by atoms with Crippen LogP contribution in [0.5, 0.6) is 0 Å². The zero-order valence-corrected chi connectivity index (χ0v) is 49.1. The lowest BCUT2D eigenvalue weighted by atomic mass is 9.36. The Morgan fingerprint density at radius 3 is 1.73 bits per heavy atom. The summed E-state index contributed by atoms with van der Waals surface area (Å²) in [7, 11) is -1.57. The largest absolute Gasteiger partial charge is 0.311 e. The van der Waals surface area contributed by atoms with Crippen molar-refractivity contribution >= 4 is 98.2 Å². The fourth-order valence-corrected chi connectivity index (χ4v) is 15.8. The monoisotopic (exact) mass is 998 g/mol. The van der Waals surface area contributed by atoms with E-state index in [9.17, 15) is 0 Å². The predicted octanol–water partition coefficient (Wildman–Crippen LogP) is 17.1. The Kier molecular flexibility index (Phi) is 11.3. The Balaban J connectivity index is 1.31. The number of hydrogen-bond donors (Lipinski definition) is 0. The Hall–Kier alpha value is -5.30. The number of benzene rings is 6. The van der Waals surface area contributed by atoms with E-state index in [1.807, 2.05) is 0 Å². The molecular formula is C67H80BN3SSi. The standard InChI is InChI=1S/C67H80BN3SSi/c1-62(2,3)43-22-21-25-47(38-43)70-54-39-44(63(4,5)6)26-33-53(54)68-58-55(70)41-49(69(45-23-19-18-20-24-45)46-27-30-50(31-28-46)73(15,16)17)42-56(58)71(48-29-32-51-52(40-48)65(9,10)35-34-64(51,7)8)59-57-60(72-61(59)68)67(13,14)37-36-66(57,11)12/h18-33,38-42H,34-37H2,1-17H3. The number of hydrogen-bond acceptors (Lipinski definition) is 4. The Bertz CT molecular complexity index is 3320. The van der Waals surface area contributed by atoms with Crippen LogP contribution in [-0.4, -0.2) is 14.8 Å². The first-order valence-corrected chi connectivity index (χ1v) is 31.7. The van der Waals surface area contributed by atoms with E-state index in [-0.39, 0.29) is 39.2 Å². The van der Waals surface area contributed by atoms with Gasteiger partial charge in [-0.2, -0.15) is 11.3 Å². The molecule has 6 heteroatoms. The van der Waals surface area contributed by atoms with E-state index in [1.165, 1.54) is 102 Å². The fourth-order valence-electron chi connectivity index (χ4n) is 12.9. The summed E-state index contributed by atoms with van der Waals surface area (Å²) in [5.74, 6) is 0. The predicted molar refractivity (Wildman–Crippen MR) is 324 cm³/mol. The normalized spacial score (nSPS) is 18.1. The van der Waals surface area contributed by atoms with Gasteiger partial charge in [-0.25, -0.2) is 0 Å². The van der Waals surface area contributed by atoms with E-state index in [0.29, 0.717) is 0 Å². The van der Waals surface area contributed by atoms with Crippen molar-refractivity contribution in [3.63, 3.8) is 0 Å². The van der Waals surface area contributed by atoms with Gasteiger partial charge in [0.05, 0.1) is 19.4 Å². The first-order valence-electron chi connectivity index (χ1n) is 27.4. The minimum Gasteiger partial charge on any atom is -0.311 e. The highest BCUT2D eigenvalue weighted by molar-refractivity contribution is 7.29. The minimum absolute atomic E-state index is 0.0260. The van der Waals surface area contributed by atoms with Crippen molar-refractivity contribution < 1.29 is 0 Å². The zero-order valence-electron chi connectivity index (χ0n) is 47.3. The summed E-state index contributed by atoms with van der Waals surface area (Å²) >= 11 is 2.13. The van der Waals surface area contributed by atoms with Gasteiger partial charge >= 0.3 is 0 Å². The van der Waals surface area contributed by atoms with Gasteiger partial charge in [0, 0.05) is 49.5 Å². The summed E-state index contributed by atoms with van der Waals surface area (Å²) in [4.78, 5) is 9.56. The van der Waals surface area contributed by atoms with E-state index < -0.39 is 8.07 Å². The molecular weight excluding hydrogens is 918 g/mol. The molecule has 4 aliphatic rings. The maximum absolute atomic E-state index is 2.79. The van der Waals surface area contributed by atoms with Crippen LogP contribution in [0.15, 0.2) is 127 Å². The van der Waals surface area contributed by atoms with Crippen LogP contribution < -0.4 is 35.6 Å². The molecule has 11 rings (SSSR count). The number of anilines is 9. The topological polar surface area (TPSA) is 9.72 Å². The fraction of sp³-hybridized carbons (Fsp3) is 0.403. The number of thiophene rings is 1. The van der Waals surface area contributed by atoms with Crippen LogP contribution in [0.1, 0.15) is 155 Å². The summed E-state index contributed by atoms with van der Waals surface area (Å²) < 4.78 is 1.49. The highest BCUT2D eigenvalue weighted by atomic mass is 32.1. The van der Waals surface area contributed by atoms with Gasteiger partial charge in [0.15, 0.2) is 0 Å². The quantitative estimate of drug-likeness (QED) is 0.154. The second kappa shape index (κ2) is 16.6. The molecule has 6 aromatic carbocycles. The third kappa shape index (κ3) is 8.19. The lowest BCUT2D eigenvalue weighted by molar-refractivity contribution is 0.332. The average molecular weight is 998 g/mol. The van der Waals surface area contributed by atoms with Gasteiger partial charge in [0.1, 0.15) is 0 Å². The van der Waals surface area contributed by atoms with Crippen molar-refractivity contribution in [3.05, 3.63) is 160 Å². The molecule has 0 N–H and O–H groups in total. The maximum Gasteiger partial charge on any atom is 0.264 e. The average Bonchev–Trinajstić information content (AvgIpc) is 3.75. The molecule has 0 saturated heterocycles. The zero-order chi connectivity index (χ0) is 52.2. The molecule has 0 amide bonds. The van der Waals surface area contributed by atoms with Crippen LogP contribution in [0.25, 0.3) is 0 Å². The molecule has 0 spiro atoms. The Morgan fingerprint density at radius 1 is 0.507 bits per heavy atom. The lowest BCUT2D eigenvalue weighted by Gasteiger charge is -2.47. The first kappa shape index (κ1) is 49.9. The van der Waals surface area contributed by atoms with Crippen molar-refractivity contribution in [2.45, 2.75) is 175 Å². The maximum atomic E-state index is 2.79. The van der Waals surface area contributed by atoms with Crippen LogP contribution >= 0.6 is 11.3 Å². The third-order valence-corrected chi connectivity index (χ3v) is 21.4. The highest BCUT2D eigenvalue weighted by Gasteiger charge is 2.51. The van der Waals surface area contributed by atoms with Crippen LogP contribution in [0.4, 0.5) is 51.2 Å². The number of rotatable bonds is 6. The lowest BCUT2D eigenvalue weighted by Crippen LogP contribution is -2.60. The Morgan fingerprint density at radius 2 is 1.08 bits per heavy atom. The van der Waals surface area contributed by atoms with Gasteiger partial charge < -0.3 is 14.7 Å². The van der Waals surface area contributed by atoms with Crippen molar-refractivity contribution in [1.82, 2.24) is 0 Å². The highest BCUT2D eigenvalue weighted by Crippen LogP contribution is 2.58. The summed E-state index contributed by atoms with van der Waals surface area (Å²) in [6, 6.07) is 50.5. The number of para-hydroxylation sites is 1. The third-order valence-electron chi connectivity index (χ3n) is 17.7. The molecule has 0 atom stereocenters. The van der Waals surface area contributed by atoms with Crippen LogP contribution in [0, 0.1) is 0 Å². The van der Waals surface area contributed by atoms with Crippen molar-refractivity contribution in [2.24, 2.45) is 0 Å². The minimum atomic E-state index is -1.57.